The van der Waals surface area contributed by atoms with Crippen molar-refractivity contribution in [3.05, 3.63) is 35.1 Å². The predicted octanol–water partition coefficient (Wildman–Crippen LogP) is 1.13. The smallest absolute Gasteiger partial charge is 0.128 e. The first-order valence-corrected chi connectivity index (χ1v) is 3.77. The largest absolute Gasteiger partial charge is 0.394 e. The third-order valence-electron chi connectivity index (χ3n) is 1.75. The summed E-state index contributed by atoms with van der Waals surface area (Å²) in [5.41, 5.74) is 6.67. The summed E-state index contributed by atoms with van der Waals surface area (Å²) in [5.74, 6) is -0.350. The van der Waals surface area contributed by atoms with Gasteiger partial charge >= 0.3 is 0 Å². The molecular formula is C9H12FNO. The van der Waals surface area contributed by atoms with Gasteiger partial charge in [-0.15, -0.1) is 0 Å². The van der Waals surface area contributed by atoms with Crippen LogP contribution in [0, 0.1) is 12.7 Å². The Kier molecular flexibility index (Phi) is 2.78. The summed E-state index contributed by atoms with van der Waals surface area (Å²) in [6.45, 7) is 1.57. The fourth-order valence-electron chi connectivity index (χ4n) is 1.03. The lowest BCUT2D eigenvalue weighted by molar-refractivity contribution is 0.265. The van der Waals surface area contributed by atoms with Crippen LogP contribution in [0.15, 0.2) is 18.2 Å². The van der Waals surface area contributed by atoms with E-state index in [0.29, 0.717) is 5.56 Å². The molecule has 0 heterocycles. The summed E-state index contributed by atoms with van der Waals surface area (Å²) in [5, 5.41) is 8.69. The minimum absolute atomic E-state index is 0.236. The minimum atomic E-state index is -0.620. The molecule has 0 saturated heterocycles. The Hall–Kier alpha value is -0.930. The first kappa shape index (κ1) is 9.16. The molecule has 0 aromatic heterocycles. The van der Waals surface area contributed by atoms with E-state index in [1.165, 1.54) is 6.07 Å². The van der Waals surface area contributed by atoms with Gasteiger partial charge in [-0.25, -0.2) is 4.39 Å². The summed E-state index contributed by atoms with van der Waals surface area (Å²) in [4.78, 5) is 0. The molecule has 0 bridgehead atoms. The molecule has 0 spiro atoms. The van der Waals surface area contributed by atoms with Crippen LogP contribution in [-0.2, 0) is 0 Å². The van der Waals surface area contributed by atoms with Gasteiger partial charge in [-0.3, -0.25) is 0 Å². The summed E-state index contributed by atoms with van der Waals surface area (Å²) < 4.78 is 13.1. The fourth-order valence-corrected chi connectivity index (χ4v) is 1.03. The molecule has 3 heteroatoms. The third kappa shape index (κ3) is 1.81. The van der Waals surface area contributed by atoms with Crippen molar-refractivity contribution in [1.82, 2.24) is 0 Å². The highest BCUT2D eigenvalue weighted by Gasteiger charge is 2.09. The number of aliphatic hydroxyl groups is 1. The van der Waals surface area contributed by atoms with Gasteiger partial charge in [-0.05, 0) is 18.6 Å². The van der Waals surface area contributed by atoms with E-state index in [-0.39, 0.29) is 12.4 Å². The van der Waals surface area contributed by atoms with Crippen LogP contribution >= 0.6 is 0 Å². The second-order valence-corrected chi connectivity index (χ2v) is 2.81. The first-order valence-electron chi connectivity index (χ1n) is 3.77. The zero-order valence-electron chi connectivity index (χ0n) is 6.92. The lowest BCUT2D eigenvalue weighted by atomic mass is 10.1. The Morgan fingerprint density at radius 3 is 2.75 bits per heavy atom. The Morgan fingerprint density at radius 1 is 1.58 bits per heavy atom. The van der Waals surface area contributed by atoms with Crippen LogP contribution in [0.5, 0.6) is 0 Å². The number of nitrogens with two attached hydrogens (primary N) is 1. The maximum Gasteiger partial charge on any atom is 0.128 e. The Bertz CT molecular complexity index is 275. The van der Waals surface area contributed by atoms with Gasteiger partial charge in [0.15, 0.2) is 0 Å². The second-order valence-electron chi connectivity index (χ2n) is 2.81. The molecular weight excluding hydrogens is 157 g/mol. The molecule has 3 N–H and O–H groups in total. The van der Waals surface area contributed by atoms with Crippen LogP contribution in [0.3, 0.4) is 0 Å². The lowest BCUT2D eigenvalue weighted by Crippen LogP contribution is -2.16. The van der Waals surface area contributed by atoms with Crippen molar-refractivity contribution < 1.29 is 9.50 Å². The molecule has 0 aliphatic heterocycles. The van der Waals surface area contributed by atoms with Gasteiger partial charge < -0.3 is 10.8 Å². The molecule has 0 saturated carbocycles. The van der Waals surface area contributed by atoms with Gasteiger partial charge in [0.1, 0.15) is 5.82 Å². The van der Waals surface area contributed by atoms with E-state index in [0.717, 1.165) is 5.56 Å². The minimum Gasteiger partial charge on any atom is -0.394 e. The molecule has 0 radical (unpaired) electrons. The molecule has 0 amide bonds. The third-order valence-corrected chi connectivity index (χ3v) is 1.75. The van der Waals surface area contributed by atoms with Crippen molar-refractivity contribution >= 4 is 0 Å². The topological polar surface area (TPSA) is 46.2 Å². The van der Waals surface area contributed by atoms with Crippen LogP contribution in [0.1, 0.15) is 17.2 Å². The monoisotopic (exact) mass is 169 g/mol. The van der Waals surface area contributed by atoms with Gasteiger partial charge in [0.25, 0.3) is 0 Å². The molecule has 0 aliphatic rings. The highest BCUT2D eigenvalue weighted by atomic mass is 19.1. The predicted molar refractivity (Wildman–Crippen MR) is 45.2 cm³/mol. The molecule has 0 fully saturated rings. The van der Waals surface area contributed by atoms with Crippen LogP contribution in [0.2, 0.25) is 0 Å². The number of hydrogen-bond acceptors (Lipinski definition) is 2. The van der Waals surface area contributed by atoms with Crippen molar-refractivity contribution in [2.24, 2.45) is 5.73 Å². The molecule has 1 aromatic carbocycles. The molecule has 2 nitrogen and oxygen atoms in total. The standard InChI is InChI=1S/C9H12FNO/c1-6-2-3-7(8(10)4-6)9(11)5-12/h2-4,9,12H,5,11H2,1H3/t9-/m1/s1. The van der Waals surface area contributed by atoms with Gasteiger partial charge in [0.05, 0.1) is 12.6 Å². The number of halogens is 1. The Morgan fingerprint density at radius 2 is 2.25 bits per heavy atom. The zero-order chi connectivity index (χ0) is 9.14. The van der Waals surface area contributed by atoms with E-state index in [9.17, 15) is 4.39 Å². The van der Waals surface area contributed by atoms with E-state index >= 15 is 0 Å². The van der Waals surface area contributed by atoms with Crippen molar-refractivity contribution in [3.8, 4) is 0 Å². The number of benzene rings is 1. The van der Waals surface area contributed by atoms with Crippen LogP contribution < -0.4 is 5.73 Å². The van der Waals surface area contributed by atoms with Gasteiger partial charge in [0, 0.05) is 5.56 Å². The molecule has 0 aliphatic carbocycles. The van der Waals surface area contributed by atoms with Crippen molar-refractivity contribution in [1.29, 1.82) is 0 Å². The van der Waals surface area contributed by atoms with E-state index in [4.69, 9.17) is 10.8 Å². The summed E-state index contributed by atoms with van der Waals surface area (Å²) in [6, 6.07) is 4.16. The lowest BCUT2D eigenvalue weighted by Gasteiger charge is -2.09. The van der Waals surface area contributed by atoms with Crippen molar-refractivity contribution in [3.63, 3.8) is 0 Å². The van der Waals surface area contributed by atoms with Gasteiger partial charge in [-0.1, -0.05) is 12.1 Å². The molecule has 1 rings (SSSR count). The molecule has 66 valence electrons. The number of aryl methyl sites for hydroxylation is 1. The summed E-state index contributed by atoms with van der Waals surface area (Å²) in [6.07, 6.45) is 0. The molecule has 1 aromatic rings. The fraction of sp³-hybridized carbons (Fsp3) is 0.333. The van der Waals surface area contributed by atoms with Crippen molar-refractivity contribution in [2.45, 2.75) is 13.0 Å². The second kappa shape index (κ2) is 3.65. The van der Waals surface area contributed by atoms with Gasteiger partial charge in [-0.2, -0.15) is 0 Å². The maximum atomic E-state index is 13.1. The molecule has 1 atom stereocenters. The van der Waals surface area contributed by atoms with E-state index in [1.807, 2.05) is 0 Å². The highest BCUT2D eigenvalue weighted by molar-refractivity contribution is 5.25. The van der Waals surface area contributed by atoms with Crippen LogP contribution in [0.25, 0.3) is 0 Å². The van der Waals surface area contributed by atoms with Crippen LogP contribution in [-0.4, -0.2) is 11.7 Å². The first-order chi connectivity index (χ1) is 5.65. The normalized spacial score (nSPS) is 13.0. The SMILES string of the molecule is Cc1ccc([C@H](N)CO)c(F)c1. The molecule has 12 heavy (non-hydrogen) atoms. The Balaban J connectivity index is 3.01. The highest BCUT2D eigenvalue weighted by Crippen LogP contribution is 2.15. The summed E-state index contributed by atoms with van der Waals surface area (Å²) >= 11 is 0. The van der Waals surface area contributed by atoms with Gasteiger partial charge in [0.2, 0.25) is 0 Å². The van der Waals surface area contributed by atoms with Crippen LogP contribution in [0.4, 0.5) is 4.39 Å². The number of aliphatic hydroxyl groups excluding tert-OH is 1. The quantitative estimate of drug-likeness (QED) is 0.697. The van der Waals surface area contributed by atoms with E-state index in [2.05, 4.69) is 0 Å². The maximum absolute atomic E-state index is 13.1. The number of hydrogen-bond donors (Lipinski definition) is 2. The summed E-state index contributed by atoms with van der Waals surface area (Å²) in [7, 11) is 0. The average Bonchev–Trinajstić information content (AvgIpc) is 2.03. The average molecular weight is 169 g/mol. The van der Waals surface area contributed by atoms with E-state index in [1.54, 1.807) is 19.1 Å². The zero-order valence-corrected chi connectivity index (χ0v) is 6.92. The number of rotatable bonds is 2. The Labute approximate surface area is 70.8 Å². The molecule has 0 unspecified atom stereocenters. The van der Waals surface area contributed by atoms with Crippen molar-refractivity contribution in [2.75, 3.05) is 6.61 Å². The van der Waals surface area contributed by atoms with E-state index < -0.39 is 6.04 Å².